The lowest BCUT2D eigenvalue weighted by Gasteiger charge is -2.32. The molecule has 2 aromatic carbocycles. The lowest BCUT2D eigenvalue weighted by Crippen LogP contribution is -2.40. The van der Waals surface area contributed by atoms with Crippen LogP contribution in [0.2, 0.25) is 0 Å². The summed E-state index contributed by atoms with van der Waals surface area (Å²) in [4.78, 5) is 44.1. The first kappa shape index (κ1) is 18.6. The molecule has 6 heteroatoms. The maximum absolute atomic E-state index is 12.7. The third-order valence-electron chi connectivity index (χ3n) is 6.27. The van der Waals surface area contributed by atoms with Gasteiger partial charge in [-0.1, -0.05) is 30.3 Å². The minimum Gasteiger partial charge on any atom is -0.358 e. The summed E-state index contributed by atoms with van der Waals surface area (Å²) in [7, 11) is 0. The molecule has 0 saturated carbocycles. The van der Waals surface area contributed by atoms with Gasteiger partial charge in [0.2, 0.25) is 5.91 Å². The highest BCUT2D eigenvalue weighted by Crippen LogP contribution is 2.30. The molecule has 0 spiro atoms. The number of fused-ring (bicyclic) bond motifs is 2. The summed E-state index contributed by atoms with van der Waals surface area (Å²) >= 11 is 0. The van der Waals surface area contributed by atoms with Crippen LogP contribution in [0.15, 0.2) is 54.6 Å². The van der Waals surface area contributed by atoms with Gasteiger partial charge in [-0.15, -0.1) is 0 Å². The minimum absolute atomic E-state index is 0.00153. The number of imide groups is 1. The summed E-state index contributed by atoms with van der Waals surface area (Å²) in [5.41, 5.74) is 3.23. The van der Waals surface area contributed by atoms with E-state index < -0.39 is 0 Å². The highest BCUT2D eigenvalue weighted by atomic mass is 16.2. The maximum Gasteiger partial charge on any atom is 0.261 e. The van der Waals surface area contributed by atoms with Crippen molar-refractivity contribution < 1.29 is 14.4 Å². The smallest absolute Gasteiger partial charge is 0.261 e. The molecular formula is C24H23N3O3. The Morgan fingerprint density at radius 3 is 2.23 bits per heavy atom. The van der Waals surface area contributed by atoms with Crippen molar-refractivity contribution in [3.05, 3.63) is 71.4 Å². The van der Waals surface area contributed by atoms with Gasteiger partial charge in [-0.3, -0.25) is 19.3 Å². The standard InChI is InChI=1S/C24H23N3O3/c28-22(11-14-27-23(29)18-6-2-3-7-19(18)24(27)30)26-12-9-16(10-13-26)21-15-17-5-1-4-8-20(17)25-21/h1-8,15-16,25H,9-14H2. The molecule has 0 bridgehead atoms. The Balaban J connectivity index is 1.17. The highest BCUT2D eigenvalue weighted by molar-refractivity contribution is 6.21. The number of aromatic amines is 1. The van der Waals surface area contributed by atoms with Gasteiger partial charge < -0.3 is 9.88 Å². The molecule has 0 radical (unpaired) electrons. The number of carbonyl (C=O) groups is 3. The molecule has 2 aliphatic heterocycles. The molecular weight excluding hydrogens is 378 g/mol. The summed E-state index contributed by atoms with van der Waals surface area (Å²) < 4.78 is 0. The van der Waals surface area contributed by atoms with Crippen molar-refractivity contribution in [2.24, 2.45) is 0 Å². The molecule has 3 amide bonds. The van der Waals surface area contributed by atoms with Crippen LogP contribution in [0, 0.1) is 0 Å². The van der Waals surface area contributed by atoms with E-state index in [-0.39, 0.29) is 30.7 Å². The van der Waals surface area contributed by atoms with Crippen LogP contribution < -0.4 is 0 Å². The van der Waals surface area contributed by atoms with Crippen molar-refractivity contribution in [2.75, 3.05) is 19.6 Å². The number of aromatic nitrogens is 1. The number of amides is 3. The molecule has 1 aromatic heterocycles. The van der Waals surface area contributed by atoms with Crippen molar-refractivity contribution in [1.82, 2.24) is 14.8 Å². The van der Waals surface area contributed by atoms with Crippen molar-refractivity contribution in [3.63, 3.8) is 0 Å². The molecule has 3 aromatic rings. The normalized spacial score (nSPS) is 17.1. The quantitative estimate of drug-likeness (QED) is 0.680. The SMILES string of the molecule is O=C(CCN1C(=O)c2ccccc2C1=O)N1CCC(c2cc3ccccc3[nH]2)CC1. The van der Waals surface area contributed by atoms with Gasteiger partial charge in [-0.05, 0) is 42.5 Å². The molecule has 1 saturated heterocycles. The summed E-state index contributed by atoms with van der Waals surface area (Å²) in [6.45, 7) is 1.52. The van der Waals surface area contributed by atoms with Gasteiger partial charge in [0.25, 0.3) is 11.8 Å². The molecule has 0 unspecified atom stereocenters. The molecule has 0 atom stereocenters. The summed E-state index contributed by atoms with van der Waals surface area (Å²) in [6.07, 6.45) is 1.99. The van der Waals surface area contributed by atoms with Gasteiger partial charge in [-0.25, -0.2) is 0 Å². The fourth-order valence-corrected chi connectivity index (χ4v) is 4.56. The largest absolute Gasteiger partial charge is 0.358 e. The number of para-hydroxylation sites is 1. The minimum atomic E-state index is -0.305. The van der Waals surface area contributed by atoms with E-state index in [4.69, 9.17) is 0 Å². The number of rotatable bonds is 4. The van der Waals surface area contributed by atoms with Crippen LogP contribution in [0.5, 0.6) is 0 Å². The second-order valence-electron chi connectivity index (χ2n) is 8.02. The van der Waals surface area contributed by atoms with Gasteiger partial charge >= 0.3 is 0 Å². The number of nitrogens with zero attached hydrogens (tertiary/aromatic N) is 2. The first-order valence-electron chi connectivity index (χ1n) is 10.4. The van der Waals surface area contributed by atoms with Crippen LogP contribution in [0.1, 0.15) is 51.6 Å². The lowest BCUT2D eigenvalue weighted by molar-refractivity contribution is -0.132. The third-order valence-corrected chi connectivity index (χ3v) is 6.27. The van der Waals surface area contributed by atoms with E-state index in [2.05, 4.69) is 23.2 Å². The Hall–Kier alpha value is -3.41. The zero-order valence-electron chi connectivity index (χ0n) is 16.6. The Kier molecular flexibility index (Phi) is 4.62. The van der Waals surface area contributed by atoms with Gasteiger partial charge in [0.05, 0.1) is 11.1 Å². The van der Waals surface area contributed by atoms with Gasteiger partial charge in [0.1, 0.15) is 0 Å². The third kappa shape index (κ3) is 3.18. The van der Waals surface area contributed by atoms with E-state index in [1.54, 1.807) is 24.3 Å². The highest BCUT2D eigenvalue weighted by Gasteiger charge is 2.35. The Labute approximate surface area is 174 Å². The average molecular weight is 401 g/mol. The van der Waals surface area contributed by atoms with Crippen LogP contribution in [0.25, 0.3) is 10.9 Å². The number of hydrogen-bond donors (Lipinski definition) is 1. The number of hydrogen-bond acceptors (Lipinski definition) is 3. The van der Waals surface area contributed by atoms with E-state index in [0.29, 0.717) is 30.1 Å². The van der Waals surface area contributed by atoms with E-state index in [1.165, 1.54) is 16.0 Å². The van der Waals surface area contributed by atoms with Crippen molar-refractivity contribution in [2.45, 2.75) is 25.2 Å². The first-order valence-corrected chi connectivity index (χ1v) is 10.4. The second kappa shape index (κ2) is 7.44. The number of nitrogens with one attached hydrogen (secondary N) is 1. The zero-order valence-corrected chi connectivity index (χ0v) is 16.6. The number of benzene rings is 2. The van der Waals surface area contributed by atoms with E-state index in [9.17, 15) is 14.4 Å². The van der Waals surface area contributed by atoms with Gasteiger partial charge in [-0.2, -0.15) is 0 Å². The molecule has 152 valence electrons. The summed E-state index contributed by atoms with van der Waals surface area (Å²) in [5, 5.41) is 1.21. The van der Waals surface area contributed by atoms with Gasteiger partial charge in [0.15, 0.2) is 0 Å². The van der Waals surface area contributed by atoms with Crippen LogP contribution in [0.3, 0.4) is 0 Å². The number of H-pyrrole nitrogens is 1. The first-order chi connectivity index (χ1) is 14.6. The molecule has 1 fully saturated rings. The average Bonchev–Trinajstić information content (AvgIpc) is 3.32. The topological polar surface area (TPSA) is 73.5 Å². The van der Waals surface area contributed by atoms with Crippen molar-refractivity contribution >= 4 is 28.6 Å². The molecule has 1 N–H and O–H groups in total. The Morgan fingerprint density at radius 1 is 0.933 bits per heavy atom. The van der Waals surface area contributed by atoms with Crippen molar-refractivity contribution in [3.8, 4) is 0 Å². The second-order valence-corrected chi connectivity index (χ2v) is 8.02. The number of carbonyl (C=O) groups excluding carboxylic acids is 3. The number of likely N-dealkylation sites (tertiary alicyclic amines) is 1. The van der Waals surface area contributed by atoms with Crippen LogP contribution in [0.4, 0.5) is 0 Å². The maximum atomic E-state index is 12.7. The van der Waals surface area contributed by atoms with E-state index in [0.717, 1.165) is 18.4 Å². The monoisotopic (exact) mass is 401 g/mol. The molecule has 0 aliphatic carbocycles. The van der Waals surface area contributed by atoms with E-state index in [1.807, 2.05) is 17.0 Å². The van der Waals surface area contributed by atoms with E-state index >= 15 is 0 Å². The van der Waals surface area contributed by atoms with Crippen LogP contribution in [-0.2, 0) is 4.79 Å². The number of piperidine rings is 1. The molecule has 6 nitrogen and oxygen atoms in total. The molecule has 5 rings (SSSR count). The van der Waals surface area contributed by atoms with Crippen LogP contribution in [-0.4, -0.2) is 52.1 Å². The fourth-order valence-electron chi connectivity index (χ4n) is 4.56. The van der Waals surface area contributed by atoms with Crippen molar-refractivity contribution in [1.29, 1.82) is 0 Å². The Bertz CT molecular complexity index is 1070. The predicted octanol–water partition coefficient (Wildman–Crippen LogP) is 3.56. The Morgan fingerprint density at radius 2 is 1.57 bits per heavy atom. The zero-order chi connectivity index (χ0) is 20.7. The predicted molar refractivity (Wildman–Crippen MR) is 113 cm³/mol. The molecule has 3 heterocycles. The molecule has 2 aliphatic rings. The lowest BCUT2D eigenvalue weighted by atomic mass is 9.93. The van der Waals surface area contributed by atoms with Crippen LogP contribution >= 0.6 is 0 Å². The fraction of sp³-hybridized carbons (Fsp3) is 0.292. The summed E-state index contributed by atoms with van der Waals surface area (Å²) in [5.74, 6) is -0.193. The molecule has 30 heavy (non-hydrogen) atoms. The summed E-state index contributed by atoms with van der Waals surface area (Å²) in [6, 6.07) is 17.3. The van der Waals surface area contributed by atoms with Gasteiger partial charge in [0, 0.05) is 43.2 Å².